The predicted octanol–water partition coefficient (Wildman–Crippen LogP) is 0.757. The van der Waals surface area contributed by atoms with Gasteiger partial charge < -0.3 is 10.0 Å². The van der Waals surface area contributed by atoms with E-state index in [9.17, 15) is 9.59 Å². The molecule has 17 heavy (non-hydrogen) atoms. The highest BCUT2D eigenvalue weighted by Gasteiger charge is 2.25. The summed E-state index contributed by atoms with van der Waals surface area (Å²) in [7, 11) is 1.48. The Bertz CT molecular complexity index is 439. The number of aromatic nitrogens is 2. The summed E-state index contributed by atoms with van der Waals surface area (Å²) in [5, 5.41) is 13.0. The average molecular weight is 239 g/mol. The molecule has 1 unspecified atom stereocenters. The maximum atomic E-state index is 12.1. The van der Waals surface area contributed by atoms with Crippen molar-refractivity contribution in [2.45, 2.75) is 33.4 Å². The van der Waals surface area contributed by atoms with Crippen LogP contribution in [0, 0.1) is 6.92 Å². The molecule has 0 aliphatic heterocycles. The second-order valence-corrected chi connectivity index (χ2v) is 3.92. The predicted molar refractivity (Wildman–Crippen MR) is 61.8 cm³/mol. The van der Waals surface area contributed by atoms with Crippen molar-refractivity contribution in [2.75, 3.05) is 7.05 Å². The molecule has 1 aromatic heterocycles. The van der Waals surface area contributed by atoms with Crippen molar-refractivity contribution in [3.63, 3.8) is 0 Å². The molecule has 0 radical (unpaired) electrons. The zero-order valence-corrected chi connectivity index (χ0v) is 10.5. The number of aliphatic carboxylic acids is 1. The Morgan fingerprint density at radius 3 is 2.65 bits per heavy atom. The van der Waals surface area contributed by atoms with Crippen molar-refractivity contribution < 1.29 is 14.7 Å². The molecule has 6 nitrogen and oxygen atoms in total. The molecular weight excluding hydrogens is 222 g/mol. The van der Waals surface area contributed by atoms with Crippen LogP contribution < -0.4 is 0 Å². The van der Waals surface area contributed by atoms with Crippen LogP contribution in [0.25, 0.3) is 0 Å². The maximum absolute atomic E-state index is 12.1. The topological polar surface area (TPSA) is 75.4 Å². The lowest BCUT2D eigenvalue weighted by molar-refractivity contribution is -0.141. The average Bonchev–Trinajstić information content (AvgIpc) is 2.67. The largest absolute Gasteiger partial charge is 0.480 e. The van der Waals surface area contributed by atoms with Crippen molar-refractivity contribution in [3.8, 4) is 0 Å². The van der Waals surface area contributed by atoms with Gasteiger partial charge in [0.2, 0.25) is 0 Å². The van der Waals surface area contributed by atoms with Gasteiger partial charge in [-0.25, -0.2) is 4.79 Å². The maximum Gasteiger partial charge on any atom is 0.326 e. The number of carbonyl (C=O) groups is 2. The highest BCUT2D eigenvalue weighted by atomic mass is 16.4. The Labute approximate surface area is 99.8 Å². The standard InChI is InChI=1S/C11H17N3O3/c1-5-14-9(6-7(2)12-14)10(15)13(4)8(3)11(16)17/h6,8H,5H2,1-4H3,(H,16,17). The molecular formula is C11H17N3O3. The number of carbonyl (C=O) groups excluding carboxylic acids is 1. The van der Waals surface area contributed by atoms with Crippen LogP contribution in [-0.4, -0.2) is 44.8 Å². The molecule has 1 amide bonds. The SMILES string of the molecule is CCn1nc(C)cc1C(=O)N(C)C(C)C(=O)O. The number of aryl methyl sites for hydroxylation is 2. The third-order valence-corrected chi connectivity index (χ3v) is 2.68. The van der Waals surface area contributed by atoms with E-state index in [4.69, 9.17) is 5.11 Å². The molecule has 0 aliphatic rings. The second kappa shape index (κ2) is 4.99. The number of likely N-dealkylation sites (N-methyl/N-ethyl adjacent to an activating group) is 1. The summed E-state index contributed by atoms with van der Waals surface area (Å²) in [6.45, 7) is 5.72. The van der Waals surface area contributed by atoms with E-state index >= 15 is 0 Å². The van der Waals surface area contributed by atoms with Crippen LogP contribution in [0.1, 0.15) is 30.0 Å². The van der Waals surface area contributed by atoms with Gasteiger partial charge in [-0.2, -0.15) is 5.10 Å². The molecule has 6 heteroatoms. The summed E-state index contributed by atoms with van der Waals surface area (Å²) in [4.78, 5) is 24.1. The number of hydrogen-bond acceptors (Lipinski definition) is 3. The second-order valence-electron chi connectivity index (χ2n) is 3.92. The van der Waals surface area contributed by atoms with Gasteiger partial charge in [-0.15, -0.1) is 0 Å². The van der Waals surface area contributed by atoms with Crippen molar-refractivity contribution in [2.24, 2.45) is 0 Å². The normalized spacial score (nSPS) is 12.2. The van der Waals surface area contributed by atoms with Gasteiger partial charge in [0, 0.05) is 13.6 Å². The van der Waals surface area contributed by atoms with Crippen LogP contribution in [0.4, 0.5) is 0 Å². The lowest BCUT2D eigenvalue weighted by Gasteiger charge is -2.21. The summed E-state index contributed by atoms with van der Waals surface area (Å²) in [6.07, 6.45) is 0. The minimum Gasteiger partial charge on any atom is -0.480 e. The highest BCUT2D eigenvalue weighted by molar-refractivity contribution is 5.95. The number of rotatable bonds is 4. The van der Waals surface area contributed by atoms with Crippen molar-refractivity contribution in [1.82, 2.24) is 14.7 Å². The Morgan fingerprint density at radius 1 is 1.59 bits per heavy atom. The molecule has 1 atom stereocenters. The lowest BCUT2D eigenvalue weighted by Crippen LogP contribution is -2.41. The third kappa shape index (κ3) is 2.64. The minimum absolute atomic E-state index is 0.331. The molecule has 0 aliphatic carbocycles. The zero-order valence-electron chi connectivity index (χ0n) is 10.5. The van der Waals surface area contributed by atoms with E-state index in [0.29, 0.717) is 12.2 Å². The summed E-state index contributed by atoms with van der Waals surface area (Å²) >= 11 is 0. The molecule has 94 valence electrons. The van der Waals surface area contributed by atoms with Crippen LogP contribution >= 0.6 is 0 Å². The van der Waals surface area contributed by atoms with Gasteiger partial charge >= 0.3 is 5.97 Å². The zero-order chi connectivity index (χ0) is 13.2. The monoisotopic (exact) mass is 239 g/mol. The molecule has 0 bridgehead atoms. The first-order chi connectivity index (χ1) is 7.88. The van der Waals surface area contributed by atoms with Crippen LogP contribution in [0.5, 0.6) is 0 Å². The number of hydrogen-bond donors (Lipinski definition) is 1. The molecule has 1 heterocycles. The van der Waals surface area contributed by atoms with Crippen LogP contribution in [-0.2, 0) is 11.3 Å². The minimum atomic E-state index is -1.03. The molecule has 0 aromatic carbocycles. The number of amides is 1. The van der Waals surface area contributed by atoms with Gasteiger partial charge in [-0.1, -0.05) is 0 Å². The first-order valence-corrected chi connectivity index (χ1v) is 5.42. The summed E-state index contributed by atoms with van der Waals surface area (Å²) in [5.41, 5.74) is 1.16. The lowest BCUT2D eigenvalue weighted by atomic mass is 10.2. The van der Waals surface area contributed by atoms with E-state index in [0.717, 1.165) is 5.69 Å². The fraction of sp³-hybridized carbons (Fsp3) is 0.545. The van der Waals surface area contributed by atoms with Crippen LogP contribution in [0.15, 0.2) is 6.07 Å². The number of nitrogens with zero attached hydrogens (tertiary/aromatic N) is 3. The van der Waals surface area contributed by atoms with E-state index < -0.39 is 12.0 Å². The number of carboxylic acid groups (broad SMARTS) is 1. The molecule has 0 saturated carbocycles. The molecule has 0 saturated heterocycles. The van der Waals surface area contributed by atoms with Gasteiger partial charge in [-0.05, 0) is 26.8 Å². The Hall–Kier alpha value is -1.85. The van der Waals surface area contributed by atoms with Crippen molar-refractivity contribution in [1.29, 1.82) is 0 Å². The molecule has 0 spiro atoms. The van der Waals surface area contributed by atoms with Crippen molar-refractivity contribution in [3.05, 3.63) is 17.5 Å². The fourth-order valence-corrected chi connectivity index (χ4v) is 1.48. The van der Waals surface area contributed by atoms with Gasteiger partial charge in [0.15, 0.2) is 0 Å². The quantitative estimate of drug-likeness (QED) is 0.841. The van der Waals surface area contributed by atoms with Crippen molar-refractivity contribution >= 4 is 11.9 Å². The van der Waals surface area contributed by atoms with E-state index in [1.54, 1.807) is 17.7 Å². The summed E-state index contributed by atoms with van der Waals surface area (Å²) in [6, 6.07) is 0.805. The first-order valence-electron chi connectivity index (χ1n) is 5.42. The Kier molecular flexibility index (Phi) is 3.88. The first kappa shape index (κ1) is 13.2. The third-order valence-electron chi connectivity index (χ3n) is 2.68. The van der Waals surface area contributed by atoms with E-state index in [2.05, 4.69) is 5.10 Å². The Morgan fingerprint density at radius 2 is 2.18 bits per heavy atom. The van der Waals surface area contributed by atoms with Gasteiger partial charge in [0.05, 0.1) is 5.69 Å². The summed E-state index contributed by atoms with van der Waals surface area (Å²) < 4.78 is 1.57. The molecule has 1 aromatic rings. The van der Waals surface area contributed by atoms with E-state index in [-0.39, 0.29) is 5.91 Å². The van der Waals surface area contributed by atoms with Gasteiger partial charge in [0.1, 0.15) is 11.7 Å². The number of carboxylic acids is 1. The molecule has 1 N–H and O–H groups in total. The smallest absolute Gasteiger partial charge is 0.326 e. The fourth-order valence-electron chi connectivity index (χ4n) is 1.48. The summed E-state index contributed by atoms with van der Waals surface area (Å²) in [5.74, 6) is -1.36. The van der Waals surface area contributed by atoms with Gasteiger partial charge in [0.25, 0.3) is 5.91 Å². The van der Waals surface area contributed by atoms with Crippen LogP contribution in [0.2, 0.25) is 0 Å². The van der Waals surface area contributed by atoms with E-state index in [1.165, 1.54) is 18.9 Å². The van der Waals surface area contributed by atoms with E-state index in [1.807, 2.05) is 6.92 Å². The van der Waals surface area contributed by atoms with Crippen LogP contribution in [0.3, 0.4) is 0 Å². The van der Waals surface area contributed by atoms with Gasteiger partial charge in [-0.3, -0.25) is 9.48 Å². The molecule has 0 fully saturated rings. The Balaban J connectivity index is 2.99. The highest BCUT2D eigenvalue weighted by Crippen LogP contribution is 2.09. The molecule has 1 rings (SSSR count).